The monoisotopic (exact) mass is 1430 g/mol. The summed E-state index contributed by atoms with van der Waals surface area (Å²) in [5.74, 6) is -8.86. The molecule has 16 N–H and O–H groups in total. The lowest BCUT2D eigenvalue weighted by molar-refractivity contribution is -0.142. The molecule has 30 nitrogen and oxygen atoms in total. The van der Waals surface area contributed by atoms with Gasteiger partial charge in [-0.25, -0.2) is 14.7 Å². The number of hydrogen-bond acceptors (Lipinski definition) is 16. The molecule has 9 rings (SSSR count). The van der Waals surface area contributed by atoms with Crippen molar-refractivity contribution < 1.29 is 67.7 Å². The summed E-state index contributed by atoms with van der Waals surface area (Å²) in [6, 6.07) is 15.9. The summed E-state index contributed by atoms with van der Waals surface area (Å²) in [6.07, 6.45) is 3.72. The van der Waals surface area contributed by atoms with Crippen LogP contribution in [0.1, 0.15) is 120 Å². The smallest absolute Gasteiger partial charge is 0.417 e. The number of ether oxygens (including phenoxy) is 1. The molecule has 0 radical (unpaired) electrons. The lowest BCUT2D eigenvalue weighted by atomic mass is 9.98. The maximum atomic E-state index is 14.9. The van der Waals surface area contributed by atoms with E-state index in [-0.39, 0.29) is 113 Å². The van der Waals surface area contributed by atoms with Crippen LogP contribution in [0.5, 0.6) is 5.75 Å². The molecule has 2 fully saturated rings. The van der Waals surface area contributed by atoms with Gasteiger partial charge in [0.05, 0.1) is 12.9 Å². The summed E-state index contributed by atoms with van der Waals surface area (Å²) in [5.41, 5.74) is 17.0. The van der Waals surface area contributed by atoms with Gasteiger partial charge in [0.25, 0.3) is 0 Å². The Hall–Kier alpha value is -11.2. The molecule has 0 spiro atoms. The zero-order valence-electron chi connectivity index (χ0n) is 58.9. The summed E-state index contributed by atoms with van der Waals surface area (Å²) in [7, 11) is 0. The van der Waals surface area contributed by atoms with Crippen LogP contribution in [0.25, 0.3) is 22.0 Å². The number of guanidine groups is 1. The highest BCUT2D eigenvalue weighted by atomic mass is 16.6. The molecule has 2 aromatic heterocycles. The van der Waals surface area contributed by atoms with Crippen LogP contribution in [0.2, 0.25) is 0 Å². The summed E-state index contributed by atoms with van der Waals surface area (Å²) in [4.78, 5) is 174. The second kappa shape index (κ2) is 36.1. The summed E-state index contributed by atoms with van der Waals surface area (Å²) < 4.78 is 5.83. The molecule has 4 heterocycles. The number of hydrogen-bond donors (Lipinski definition) is 14. The van der Waals surface area contributed by atoms with E-state index in [1.807, 2.05) is 62.4 Å². The number of nitrogens with one attached hydrogen (secondary N) is 10. The zero-order chi connectivity index (χ0) is 74.7. The van der Waals surface area contributed by atoms with Crippen LogP contribution in [0, 0.1) is 11.8 Å². The molecule has 3 aliphatic rings. The molecule has 11 amide bonds. The number of phenols is 1. The van der Waals surface area contributed by atoms with Gasteiger partial charge in [0.15, 0.2) is 5.96 Å². The number of nitrogens with two attached hydrogens (primary N) is 2. The first-order valence-electron chi connectivity index (χ1n) is 35.3. The molecule has 0 bridgehead atoms. The number of aliphatic hydroxyl groups excluding tert-OH is 1. The maximum Gasteiger partial charge on any atom is 0.417 e. The number of benzene rings is 4. The van der Waals surface area contributed by atoms with E-state index >= 15 is 0 Å². The lowest BCUT2D eigenvalue weighted by Gasteiger charge is -2.31. The van der Waals surface area contributed by atoms with E-state index in [1.165, 1.54) is 41.7 Å². The number of likely N-dealkylation sites (N-methyl/N-ethyl adjacent to an activating group) is 1. The van der Waals surface area contributed by atoms with Gasteiger partial charge in [-0.05, 0) is 115 Å². The third kappa shape index (κ3) is 19.9. The predicted molar refractivity (Wildman–Crippen MR) is 384 cm³/mol. The number of imidazole rings is 1. The third-order valence-electron chi connectivity index (χ3n) is 18.6. The van der Waals surface area contributed by atoms with Crippen LogP contribution in [0.15, 0.2) is 121 Å². The Balaban J connectivity index is 0.917. The number of carbonyl (C=O) groups excluding carboxylic acids is 11. The Labute approximate surface area is 601 Å². The van der Waals surface area contributed by atoms with Crippen LogP contribution in [0.3, 0.4) is 0 Å². The molecule has 0 saturated carbocycles. The largest absolute Gasteiger partial charge is 0.508 e. The highest BCUT2D eigenvalue weighted by molar-refractivity contribution is 6.03. The van der Waals surface area contributed by atoms with Crippen molar-refractivity contribution in [2.75, 3.05) is 32.8 Å². The fourth-order valence-corrected chi connectivity index (χ4v) is 13.5. The van der Waals surface area contributed by atoms with Crippen LogP contribution < -0.4 is 54.0 Å². The van der Waals surface area contributed by atoms with Gasteiger partial charge < -0.3 is 83.8 Å². The van der Waals surface area contributed by atoms with Crippen molar-refractivity contribution >= 4 is 82.0 Å². The van der Waals surface area contributed by atoms with Crippen molar-refractivity contribution in [1.29, 1.82) is 0 Å². The van der Waals surface area contributed by atoms with E-state index in [4.69, 9.17) is 16.2 Å². The fourth-order valence-electron chi connectivity index (χ4n) is 13.5. The van der Waals surface area contributed by atoms with Gasteiger partial charge in [0, 0.05) is 80.2 Å². The molecular formula is C74H94N16O14. The van der Waals surface area contributed by atoms with E-state index in [0.29, 0.717) is 47.1 Å². The van der Waals surface area contributed by atoms with Crippen LogP contribution in [0.4, 0.5) is 4.79 Å². The summed E-state index contributed by atoms with van der Waals surface area (Å²) in [6.45, 7) is 8.57. The molecule has 104 heavy (non-hydrogen) atoms. The number of likely N-dealkylation sites (tertiary alicyclic amines) is 2. The second-order valence-electron chi connectivity index (χ2n) is 27.2. The number of aromatic amines is 2. The molecule has 2 saturated heterocycles. The zero-order valence-corrected chi connectivity index (χ0v) is 58.9. The molecule has 0 unspecified atom stereocenters. The Morgan fingerprint density at radius 2 is 1.20 bits per heavy atom. The number of imide groups is 1. The maximum absolute atomic E-state index is 14.9. The molecular weight excluding hydrogens is 1340 g/mol. The Morgan fingerprint density at radius 1 is 0.644 bits per heavy atom. The highest BCUT2D eigenvalue weighted by Gasteiger charge is 2.45. The standard InChI is InChI=1S/C74H94N16O14/c1-6-78-70(100)61-22-14-30-89(61)72(102)54(21-13-29-79-73(75)76)82-64(94)55(31-41(2)3)83-65(95)56(32-42(4)5)84-66(96)57(33-43-23-25-46(92)26-24-43)85-69(99)60(38-91)88-67(97)58(34-44-36-80-53-20-12-11-15-47(44)53)86-68(98)59(35-45-37-77-40-81-45)87-71(101)62-27-28-63(93)90(62)74(103)104-39-52-50-18-9-7-16-48(50)49-17-8-10-19-51(49)52/h7-12,15-20,23-26,36-37,40-42,52,54-62,80,91-92H,6,13-14,21-22,27-35,38-39H2,1-5H3,(H,77,81)(H,78,100)(H,82,94)(H,83,95)(H,84,96)(H,85,99)(H,86,98)(H,87,101)(H,88,97)(H4,75,76,79)/t54-,55-,56+,57-,58-,59-,60-,61-,62-/m0/s1. The van der Waals surface area contributed by atoms with Crippen molar-refractivity contribution in [2.45, 2.75) is 166 Å². The number of aromatic nitrogens is 3. The average molecular weight is 1430 g/mol. The Kier molecular flexibility index (Phi) is 26.7. The Morgan fingerprint density at radius 3 is 1.80 bits per heavy atom. The molecule has 2 aliphatic heterocycles. The number of rotatable bonds is 34. The quantitative estimate of drug-likeness (QED) is 0.0156. The lowest BCUT2D eigenvalue weighted by Crippen LogP contribution is -2.61. The van der Waals surface area contributed by atoms with E-state index in [0.717, 1.165) is 27.2 Å². The van der Waals surface area contributed by atoms with Gasteiger partial charge in [0.1, 0.15) is 66.7 Å². The first kappa shape index (κ1) is 77.0. The van der Waals surface area contributed by atoms with Gasteiger partial charge in [-0.1, -0.05) is 107 Å². The number of aliphatic hydroxyl groups is 1. The molecule has 30 heteroatoms. The minimum absolute atomic E-state index is 0.0147. The summed E-state index contributed by atoms with van der Waals surface area (Å²) in [5, 5.41) is 43.6. The Bertz CT molecular complexity index is 4040. The van der Waals surface area contributed by atoms with Crippen molar-refractivity contribution in [3.63, 3.8) is 0 Å². The second-order valence-corrected chi connectivity index (χ2v) is 27.2. The van der Waals surface area contributed by atoms with Crippen LogP contribution in [-0.2, 0) is 71.9 Å². The van der Waals surface area contributed by atoms with Crippen molar-refractivity contribution in [1.82, 2.24) is 67.3 Å². The average Bonchev–Trinajstić information content (AvgIpc) is 1.62. The van der Waals surface area contributed by atoms with Crippen molar-refractivity contribution in [2.24, 2.45) is 28.3 Å². The SMILES string of the molecule is CCNC(=O)[C@@H]1CCCN1C(=O)[C@H](CCCN=C(N)N)NC(=O)[C@H](CC(C)C)NC(=O)[C@@H](CC(C)C)NC(=O)[C@H](Cc1ccc(O)cc1)NC(=O)[C@H](CO)NC(=O)[C@H](Cc1c[nH]c2ccccc12)NC(=O)[C@H](Cc1cnc[nH]1)NC(=O)[C@@H]1CCC(=O)N1C(=O)OCC1c2ccccc2-c2ccccc21. The van der Waals surface area contributed by atoms with Crippen molar-refractivity contribution in [3.05, 3.63) is 144 Å². The minimum atomic E-state index is -1.82. The van der Waals surface area contributed by atoms with E-state index < -0.39 is 120 Å². The number of nitrogens with zero attached hydrogens (tertiary/aromatic N) is 4. The number of phenolic OH excluding ortho intramolecular Hbond substituents is 1. The molecule has 4 aromatic carbocycles. The predicted octanol–water partition coefficient (Wildman–Crippen LogP) is 2.22. The van der Waals surface area contributed by atoms with Crippen LogP contribution in [-0.4, -0.2) is 193 Å². The molecule has 6 aromatic rings. The van der Waals surface area contributed by atoms with Crippen molar-refractivity contribution in [3.8, 4) is 16.9 Å². The number of para-hydroxylation sites is 1. The van der Waals surface area contributed by atoms with Gasteiger partial charge >= 0.3 is 6.09 Å². The van der Waals surface area contributed by atoms with E-state index in [2.05, 4.69) is 62.5 Å². The number of aliphatic imine (C=N–C) groups is 1. The van der Waals surface area contributed by atoms with E-state index in [1.54, 1.807) is 51.2 Å². The van der Waals surface area contributed by atoms with Gasteiger partial charge in [-0.15, -0.1) is 0 Å². The number of amides is 11. The number of carbonyl (C=O) groups is 11. The number of aromatic hydroxyl groups is 1. The molecule has 1 aliphatic carbocycles. The topological polar surface area (TPSA) is 449 Å². The number of H-pyrrole nitrogens is 2. The van der Waals surface area contributed by atoms with E-state index in [9.17, 15) is 63.0 Å². The summed E-state index contributed by atoms with van der Waals surface area (Å²) >= 11 is 0. The van der Waals surface area contributed by atoms with Gasteiger partial charge in [-0.2, -0.15) is 0 Å². The van der Waals surface area contributed by atoms with Gasteiger partial charge in [0.2, 0.25) is 59.1 Å². The molecule has 554 valence electrons. The number of fused-ring (bicyclic) bond motifs is 4. The first-order chi connectivity index (χ1) is 49.9. The molecule has 9 atom stereocenters. The third-order valence-corrected chi connectivity index (χ3v) is 18.6. The van der Waals surface area contributed by atoms with Crippen LogP contribution >= 0.6 is 0 Å². The first-order valence-corrected chi connectivity index (χ1v) is 35.3. The normalized spacial score (nSPS) is 16.8. The fraction of sp³-hybridized carbons (Fsp3) is 0.446. The minimum Gasteiger partial charge on any atom is -0.508 e. The van der Waals surface area contributed by atoms with Gasteiger partial charge in [-0.3, -0.25) is 52.9 Å². The highest BCUT2D eigenvalue weighted by Crippen LogP contribution is 2.45.